The molecule has 3 aromatic rings. The molecule has 0 spiro atoms. The Labute approximate surface area is 202 Å². The number of anilines is 1. The number of aryl methyl sites for hydroxylation is 1. The highest BCUT2D eigenvalue weighted by Crippen LogP contribution is 2.29. The van der Waals surface area contributed by atoms with Crippen molar-refractivity contribution < 1.29 is 14.6 Å². The second-order valence-electron chi connectivity index (χ2n) is 8.49. The molecule has 1 amide bonds. The molecule has 9 heteroatoms. The lowest BCUT2D eigenvalue weighted by Gasteiger charge is -2.29. The highest BCUT2D eigenvalue weighted by Gasteiger charge is 2.31. The molecular weight excluding hydrogens is 454 g/mol. The number of rotatable bonds is 5. The fraction of sp³-hybridized carbons (Fsp3) is 0.320. The van der Waals surface area contributed by atoms with E-state index in [1.807, 2.05) is 6.92 Å². The number of morpholine rings is 1. The molecule has 0 saturated carbocycles. The first-order valence-electron chi connectivity index (χ1n) is 11.3. The van der Waals surface area contributed by atoms with Crippen LogP contribution in [0.1, 0.15) is 29.0 Å². The zero-order valence-corrected chi connectivity index (χ0v) is 19.5. The normalized spacial score (nSPS) is 20.7. The van der Waals surface area contributed by atoms with Crippen LogP contribution in [0.4, 0.5) is 5.69 Å². The molecule has 1 unspecified atom stereocenters. The number of carbonyl (C=O) groups is 1. The number of amides is 1. The Kier molecular flexibility index (Phi) is 6.36. The van der Waals surface area contributed by atoms with Crippen LogP contribution < -0.4 is 10.2 Å². The summed E-state index contributed by atoms with van der Waals surface area (Å²) in [6.07, 6.45) is 2.48. The van der Waals surface area contributed by atoms with Crippen molar-refractivity contribution in [3.63, 3.8) is 0 Å². The zero-order valence-electron chi connectivity index (χ0n) is 18.8. The third-order valence-electron chi connectivity index (χ3n) is 6.15. The first kappa shape index (κ1) is 22.6. The molecule has 0 bridgehead atoms. The van der Waals surface area contributed by atoms with Crippen LogP contribution in [-0.2, 0) is 9.53 Å². The van der Waals surface area contributed by atoms with Gasteiger partial charge < -0.3 is 25.0 Å². The Morgan fingerprint density at radius 1 is 1.29 bits per heavy atom. The van der Waals surface area contributed by atoms with Crippen molar-refractivity contribution in [3.8, 4) is 0 Å². The summed E-state index contributed by atoms with van der Waals surface area (Å²) in [6.45, 7) is 5.22. The number of H-pyrrole nitrogens is 1. The molecule has 176 valence electrons. The number of allylic oxidation sites excluding steroid dienone is 1. The Morgan fingerprint density at radius 2 is 2.12 bits per heavy atom. The Bertz CT molecular complexity index is 1280. The third kappa shape index (κ3) is 4.57. The van der Waals surface area contributed by atoms with E-state index in [2.05, 4.69) is 32.3 Å². The number of aliphatic hydroxyl groups excluding tert-OH is 1. The molecule has 3 heterocycles. The van der Waals surface area contributed by atoms with Gasteiger partial charge in [0, 0.05) is 30.0 Å². The number of aromatic amines is 1. The molecule has 0 aliphatic carbocycles. The zero-order chi connectivity index (χ0) is 23.7. The highest BCUT2D eigenvalue weighted by molar-refractivity contribution is 6.30. The lowest BCUT2D eigenvalue weighted by Crippen LogP contribution is -2.36. The number of halogens is 1. The minimum Gasteiger partial charge on any atom is -0.386 e. The van der Waals surface area contributed by atoms with E-state index < -0.39 is 12.0 Å². The van der Waals surface area contributed by atoms with Gasteiger partial charge in [0.1, 0.15) is 11.7 Å². The maximum Gasteiger partial charge on any atom is 0.240 e. The van der Waals surface area contributed by atoms with Crippen molar-refractivity contribution >= 4 is 39.9 Å². The van der Waals surface area contributed by atoms with Gasteiger partial charge in [-0.25, -0.2) is 4.98 Å². The van der Waals surface area contributed by atoms with Crippen LogP contribution in [0, 0.1) is 6.92 Å². The predicted octanol–water partition coefficient (Wildman–Crippen LogP) is 3.26. The number of benzene rings is 2. The van der Waals surface area contributed by atoms with Crippen LogP contribution >= 0.6 is 11.6 Å². The molecular formula is C25H26ClN5O3. The van der Waals surface area contributed by atoms with Gasteiger partial charge in [-0.05, 0) is 48.4 Å². The largest absolute Gasteiger partial charge is 0.386 e. The monoisotopic (exact) mass is 479 g/mol. The summed E-state index contributed by atoms with van der Waals surface area (Å²) in [7, 11) is 0. The minimum atomic E-state index is -0.834. The standard InChI is InChI=1S/C25H26ClN5O3/c1-15-11-18(31-7-9-34-10-8-31)13-20-23(15)30-24(29-20)22-19(5-6-27-25(22)33)28-14-21(32)16-3-2-4-17(26)12-16/h2-6,11-13,21-22,32H,7-10,14H2,1H3,(H,27,33)(H,29,30)/t21-,22?/m1/s1. The highest BCUT2D eigenvalue weighted by atomic mass is 35.5. The maximum absolute atomic E-state index is 12.8. The average molecular weight is 480 g/mol. The number of ether oxygens (including phenoxy) is 1. The fourth-order valence-corrected chi connectivity index (χ4v) is 4.57. The predicted molar refractivity (Wildman–Crippen MR) is 133 cm³/mol. The molecule has 3 N–H and O–H groups in total. The van der Waals surface area contributed by atoms with E-state index in [1.54, 1.807) is 36.5 Å². The average Bonchev–Trinajstić information content (AvgIpc) is 3.27. The lowest BCUT2D eigenvalue weighted by atomic mass is 9.98. The number of nitrogens with zero attached hydrogens (tertiary/aromatic N) is 3. The van der Waals surface area contributed by atoms with Gasteiger partial charge in [-0.3, -0.25) is 9.79 Å². The second kappa shape index (κ2) is 9.58. The van der Waals surface area contributed by atoms with Crippen LogP contribution in [-0.4, -0.2) is 59.5 Å². The summed E-state index contributed by atoms with van der Waals surface area (Å²) in [4.78, 5) is 27.8. The summed E-state index contributed by atoms with van der Waals surface area (Å²) in [6, 6.07) is 11.2. The molecule has 2 aliphatic heterocycles. The Hall–Kier alpha value is -3.20. The first-order chi connectivity index (χ1) is 16.5. The van der Waals surface area contributed by atoms with Gasteiger partial charge in [-0.2, -0.15) is 0 Å². The van der Waals surface area contributed by atoms with Gasteiger partial charge in [0.2, 0.25) is 5.91 Å². The number of hydrogen-bond donors (Lipinski definition) is 3. The topological polar surface area (TPSA) is 103 Å². The molecule has 0 radical (unpaired) electrons. The van der Waals surface area contributed by atoms with Crippen molar-refractivity contribution in [3.05, 3.63) is 70.6 Å². The summed E-state index contributed by atoms with van der Waals surface area (Å²) in [5.74, 6) is -0.395. The SMILES string of the molecule is Cc1cc(N2CCOCC2)cc2[nH]c(C3C(=O)NC=CC3=NC[C@@H](O)c3cccc(Cl)c3)nc12. The second-order valence-corrected chi connectivity index (χ2v) is 8.93. The Balaban J connectivity index is 1.44. The van der Waals surface area contributed by atoms with Gasteiger partial charge in [0.25, 0.3) is 0 Å². The third-order valence-corrected chi connectivity index (χ3v) is 6.38. The molecule has 2 aliphatic rings. The van der Waals surface area contributed by atoms with Crippen molar-refractivity contribution in [1.82, 2.24) is 15.3 Å². The quantitative estimate of drug-likeness (QED) is 0.521. The van der Waals surface area contributed by atoms with Crippen LogP contribution in [0.25, 0.3) is 11.0 Å². The van der Waals surface area contributed by atoms with Gasteiger partial charge in [0.05, 0.1) is 42.6 Å². The molecule has 2 aromatic carbocycles. The number of aliphatic hydroxyl groups is 1. The molecule has 5 rings (SSSR count). The summed E-state index contributed by atoms with van der Waals surface area (Å²) < 4.78 is 5.47. The van der Waals surface area contributed by atoms with Gasteiger partial charge in [0.15, 0.2) is 0 Å². The maximum atomic E-state index is 12.8. The number of carbonyl (C=O) groups excluding carboxylic acids is 1. The molecule has 34 heavy (non-hydrogen) atoms. The van der Waals surface area contributed by atoms with E-state index in [9.17, 15) is 9.90 Å². The molecule has 1 aromatic heterocycles. The number of aliphatic imine (C=N–C) groups is 1. The summed E-state index contributed by atoms with van der Waals surface area (Å²) >= 11 is 6.04. The van der Waals surface area contributed by atoms with Gasteiger partial charge in [-0.1, -0.05) is 23.7 Å². The smallest absolute Gasteiger partial charge is 0.240 e. The van der Waals surface area contributed by atoms with Crippen LogP contribution in [0.5, 0.6) is 0 Å². The van der Waals surface area contributed by atoms with E-state index in [1.165, 1.54) is 0 Å². The van der Waals surface area contributed by atoms with E-state index >= 15 is 0 Å². The Morgan fingerprint density at radius 3 is 2.91 bits per heavy atom. The number of nitrogens with one attached hydrogen (secondary N) is 2. The number of fused-ring (bicyclic) bond motifs is 1. The van der Waals surface area contributed by atoms with Crippen LogP contribution in [0.3, 0.4) is 0 Å². The molecule has 1 fully saturated rings. The number of imidazole rings is 1. The van der Waals surface area contributed by atoms with Crippen molar-refractivity contribution in [2.75, 3.05) is 37.7 Å². The van der Waals surface area contributed by atoms with Gasteiger partial charge in [-0.15, -0.1) is 0 Å². The van der Waals surface area contributed by atoms with Crippen molar-refractivity contribution in [2.24, 2.45) is 4.99 Å². The van der Waals surface area contributed by atoms with Gasteiger partial charge >= 0.3 is 0 Å². The molecule has 2 atom stereocenters. The molecule has 1 saturated heterocycles. The molecule has 8 nitrogen and oxygen atoms in total. The first-order valence-corrected chi connectivity index (χ1v) is 11.6. The minimum absolute atomic E-state index is 0.101. The van der Waals surface area contributed by atoms with Crippen molar-refractivity contribution in [1.29, 1.82) is 0 Å². The van der Waals surface area contributed by atoms with E-state index in [0.717, 1.165) is 35.4 Å². The van der Waals surface area contributed by atoms with Crippen LogP contribution in [0.2, 0.25) is 5.02 Å². The van der Waals surface area contributed by atoms with Crippen molar-refractivity contribution in [2.45, 2.75) is 18.9 Å². The fourth-order valence-electron chi connectivity index (χ4n) is 4.37. The summed E-state index contributed by atoms with van der Waals surface area (Å²) in [5.41, 5.74) is 5.05. The number of aromatic nitrogens is 2. The van der Waals surface area contributed by atoms with E-state index in [4.69, 9.17) is 21.3 Å². The number of hydrogen-bond acceptors (Lipinski definition) is 6. The van der Waals surface area contributed by atoms with Crippen LogP contribution in [0.15, 0.2) is 53.7 Å². The van der Waals surface area contributed by atoms with E-state index in [0.29, 0.717) is 35.3 Å². The van der Waals surface area contributed by atoms with E-state index in [-0.39, 0.29) is 12.5 Å². The lowest BCUT2D eigenvalue weighted by molar-refractivity contribution is -0.120. The summed E-state index contributed by atoms with van der Waals surface area (Å²) in [5, 5.41) is 13.9.